The van der Waals surface area contributed by atoms with Crippen LogP contribution in [0.5, 0.6) is 0 Å². The van der Waals surface area contributed by atoms with Gasteiger partial charge in [-0.2, -0.15) is 0 Å². The number of likely N-dealkylation sites (tertiary alicyclic amines) is 1. The van der Waals surface area contributed by atoms with E-state index in [0.29, 0.717) is 18.8 Å². The zero-order chi connectivity index (χ0) is 11.5. The number of anilines is 1. The molecular formula is C11H14FN3O. The molecule has 1 aromatic carbocycles. The third kappa shape index (κ3) is 2.49. The fraction of sp³-hybridized carbons (Fsp3) is 0.364. The molecule has 0 aliphatic carbocycles. The molecule has 0 radical (unpaired) electrons. The first-order chi connectivity index (χ1) is 7.65. The number of nitrogens with one attached hydrogen (secondary N) is 1. The van der Waals surface area contributed by atoms with Gasteiger partial charge in [-0.15, -0.1) is 0 Å². The highest BCUT2D eigenvalue weighted by Gasteiger charge is 2.23. The Hall–Kier alpha value is -1.62. The number of benzene rings is 1. The minimum Gasteiger partial charge on any atom is -0.326 e. The van der Waals surface area contributed by atoms with Crippen molar-refractivity contribution in [3.05, 3.63) is 30.1 Å². The number of nitrogens with zero attached hydrogens (tertiary/aromatic N) is 1. The lowest BCUT2D eigenvalue weighted by atomic mass is 10.3. The van der Waals surface area contributed by atoms with Crippen LogP contribution in [0.1, 0.15) is 6.42 Å². The van der Waals surface area contributed by atoms with Gasteiger partial charge in [0.25, 0.3) is 0 Å². The average molecular weight is 223 g/mol. The fourth-order valence-corrected chi connectivity index (χ4v) is 1.71. The average Bonchev–Trinajstić information content (AvgIpc) is 2.68. The standard InChI is InChI=1S/C11H14FN3O/c12-8-1-3-10(4-2-8)14-11(16)15-6-5-9(13)7-15/h1-4,9H,5-7,13H2,(H,14,16)/t9-/m0/s1. The highest BCUT2D eigenvalue weighted by Crippen LogP contribution is 2.12. The van der Waals surface area contributed by atoms with Gasteiger partial charge in [0, 0.05) is 24.8 Å². The van der Waals surface area contributed by atoms with E-state index in [-0.39, 0.29) is 17.9 Å². The lowest BCUT2D eigenvalue weighted by Crippen LogP contribution is -2.35. The van der Waals surface area contributed by atoms with E-state index >= 15 is 0 Å². The molecule has 1 heterocycles. The number of carbonyl (C=O) groups excluding carboxylic acids is 1. The van der Waals surface area contributed by atoms with E-state index in [2.05, 4.69) is 5.32 Å². The number of halogens is 1. The minimum atomic E-state index is -0.318. The Labute approximate surface area is 93.2 Å². The molecule has 2 amide bonds. The maximum atomic E-state index is 12.6. The molecule has 1 saturated heterocycles. The summed E-state index contributed by atoms with van der Waals surface area (Å²) in [6.45, 7) is 1.25. The van der Waals surface area contributed by atoms with Gasteiger partial charge in [-0.1, -0.05) is 0 Å². The van der Waals surface area contributed by atoms with Crippen molar-refractivity contribution in [1.82, 2.24) is 4.90 Å². The van der Waals surface area contributed by atoms with Gasteiger partial charge < -0.3 is 16.0 Å². The molecule has 1 atom stereocenters. The van der Waals surface area contributed by atoms with Crippen molar-refractivity contribution < 1.29 is 9.18 Å². The van der Waals surface area contributed by atoms with Crippen LogP contribution in [0.4, 0.5) is 14.9 Å². The first kappa shape index (κ1) is 10.9. The second kappa shape index (κ2) is 4.49. The van der Waals surface area contributed by atoms with E-state index in [4.69, 9.17) is 5.73 Å². The highest BCUT2D eigenvalue weighted by molar-refractivity contribution is 5.89. The number of nitrogens with two attached hydrogens (primary N) is 1. The smallest absolute Gasteiger partial charge is 0.321 e. The van der Waals surface area contributed by atoms with Crippen molar-refractivity contribution in [3.63, 3.8) is 0 Å². The van der Waals surface area contributed by atoms with E-state index in [9.17, 15) is 9.18 Å². The maximum Gasteiger partial charge on any atom is 0.321 e. The Kier molecular flexibility index (Phi) is 3.05. The third-order valence-corrected chi connectivity index (χ3v) is 2.61. The van der Waals surface area contributed by atoms with Gasteiger partial charge in [0.2, 0.25) is 0 Å². The Bertz CT molecular complexity index is 379. The first-order valence-corrected chi connectivity index (χ1v) is 5.22. The largest absolute Gasteiger partial charge is 0.326 e. The number of carbonyl (C=O) groups is 1. The molecule has 16 heavy (non-hydrogen) atoms. The number of amides is 2. The summed E-state index contributed by atoms with van der Waals surface area (Å²) in [6, 6.07) is 5.57. The van der Waals surface area contributed by atoms with Crippen LogP contribution in [0.2, 0.25) is 0 Å². The van der Waals surface area contributed by atoms with Gasteiger partial charge in [-0.05, 0) is 30.7 Å². The Morgan fingerprint density at radius 1 is 1.44 bits per heavy atom. The highest BCUT2D eigenvalue weighted by atomic mass is 19.1. The molecular weight excluding hydrogens is 209 g/mol. The summed E-state index contributed by atoms with van der Waals surface area (Å²) >= 11 is 0. The van der Waals surface area contributed by atoms with Gasteiger partial charge in [0.1, 0.15) is 5.82 Å². The van der Waals surface area contributed by atoms with Gasteiger partial charge in [-0.25, -0.2) is 9.18 Å². The molecule has 0 bridgehead atoms. The first-order valence-electron chi connectivity index (χ1n) is 5.22. The van der Waals surface area contributed by atoms with Crippen LogP contribution in [0.15, 0.2) is 24.3 Å². The summed E-state index contributed by atoms with van der Waals surface area (Å²) in [5, 5.41) is 2.70. The molecule has 4 nitrogen and oxygen atoms in total. The second-order valence-corrected chi connectivity index (χ2v) is 3.93. The predicted octanol–water partition coefficient (Wildman–Crippen LogP) is 1.39. The molecule has 0 saturated carbocycles. The summed E-state index contributed by atoms with van der Waals surface area (Å²) in [6.07, 6.45) is 0.830. The van der Waals surface area contributed by atoms with Crippen LogP contribution in [-0.4, -0.2) is 30.1 Å². The third-order valence-electron chi connectivity index (χ3n) is 2.61. The van der Waals surface area contributed by atoms with E-state index in [1.807, 2.05) is 0 Å². The van der Waals surface area contributed by atoms with E-state index < -0.39 is 0 Å². The summed E-state index contributed by atoms with van der Waals surface area (Å²) in [5.41, 5.74) is 6.29. The lowest BCUT2D eigenvalue weighted by molar-refractivity contribution is 0.222. The normalized spacial score (nSPS) is 19.9. The molecule has 2 rings (SSSR count). The van der Waals surface area contributed by atoms with Crippen molar-refractivity contribution in [1.29, 1.82) is 0 Å². The zero-order valence-electron chi connectivity index (χ0n) is 8.82. The minimum absolute atomic E-state index is 0.0685. The molecule has 1 aliphatic heterocycles. The summed E-state index contributed by atoms with van der Waals surface area (Å²) in [4.78, 5) is 13.4. The predicted molar refractivity (Wildman–Crippen MR) is 59.6 cm³/mol. The van der Waals surface area contributed by atoms with Crippen LogP contribution in [0.25, 0.3) is 0 Å². The molecule has 1 aromatic rings. The Balaban J connectivity index is 1.94. The quantitative estimate of drug-likeness (QED) is 0.755. The summed E-state index contributed by atoms with van der Waals surface area (Å²) < 4.78 is 12.6. The molecule has 0 spiro atoms. The van der Waals surface area contributed by atoms with Gasteiger partial charge in [-0.3, -0.25) is 0 Å². The van der Waals surface area contributed by atoms with Crippen molar-refractivity contribution >= 4 is 11.7 Å². The van der Waals surface area contributed by atoms with E-state index in [0.717, 1.165) is 6.42 Å². The fourth-order valence-electron chi connectivity index (χ4n) is 1.71. The summed E-state index contributed by atoms with van der Waals surface area (Å²) in [7, 11) is 0. The molecule has 0 unspecified atom stereocenters. The van der Waals surface area contributed by atoms with Crippen molar-refractivity contribution in [2.24, 2.45) is 5.73 Å². The molecule has 1 aliphatic rings. The second-order valence-electron chi connectivity index (χ2n) is 3.93. The van der Waals surface area contributed by atoms with Gasteiger partial charge in [0.15, 0.2) is 0 Å². The Morgan fingerprint density at radius 2 is 2.12 bits per heavy atom. The van der Waals surface area contributed by atoms with Crippen molar-refractivity contribution in [3.8, 4) is 0 Å². The maximum absolute atomic E-state index is 12.6. The van der Waals surface area contributed by atoms with E-state index in [1.54, 1.807) is 4.90 Å². The molecule has 0 aromatic heterocycles. The van der Waals surface area contributed by atoms with Crippen LogP contribution < -0.4 is 11.1 Å². The van der Waals surface area contributed by atoms with Crippen LogP contribution in [-0.2, 0) is 0 Å². The van der Waals surface area contributed by atoms with Crippen LogP contribution in [0.3, 0.4) is 0 Å². The van der Waals surface area contributed by atoms with Crippen molar-refractivity contribution in [2.75, 3.05) is 18.4 Å². The van der Waals surface area contributed by atoms with Crippen LogP contribution >= 0.6 is 0 Å². The SMILES string of the molecule is N[C@H]1CCN(C(=O)Nc2ccc(F)cc2)C1. The molecule has 1 fully saturated rings. The van der Waals surface area contributed by atoms with Gasteiger partial charge >= 0.3 is 6.03 Å². The molecule has 5 heteroatoms. The molecule has 86 valence electrons. The summed E-state index contributed by atoms with van der Waals surface area (Å²) in [5.74, 6) is -0.318. The number of urea groups is 1. The zero-order valence-corrected chi connectivity index (χ0v) is 8.82. The van der Waals surface area contributed by atoms with E-state index in [1.165, 1.54) is 24.3 Å². The number of rotatable bonds is 1. The van der Waals surface area contributed by atoms with Gasteiger partial charge in [0.05, 0.1) is 0 Å². The lowest BCUT2D eigenvalue weighted by Gasteiger charge is -2.16. The monoisotopic (exact) mass is 223 g/mol. The number of hydrogen-bond donors (Lipinski definition) is 2. The Morgan fingerprint density at radius 3 is 2.69 bits per heavy atom. The van der Waals surface area contributed by atoms with Crippen molar-refractivity contribution in [2.45, 2.75) is 12.5 Å². The number of hydrogen-bond acceptors (Lipinski definition) is 2. The topological polar surface area (TPSA) is 58.4 Å². The molecule has 3 N–H and O–H groups in total. The van der Waals surface area contributed by atoms with Crippen LogP contribution in [0, 0.1) is 5.82 Å².